The Bertz CT molecular complexity index is 561. The van der Waals surface area contributed by atoms with Crippen LogP contribution in [0.1, 0.15) is 30.6 Å². The number of aliphatic carboxylic acids is 1. The maximum Gasteiger partial charge on any atom is 0.422 e. The van der Waals surface area contributed by atoms with E-state index in [9.17, 15) is 22.8 Å². The van der Waals surface area contributed by atoms with Crippen LogP contribution in [0.5, 0.6) is 5.88 Å². The predicted octanol–water partition coefficient (Wildman–Crippen LogP) is 2.25. The molecule has 9 heteroatoms. The first-order valence-corrected chi connectivity index (χ1v) is 6.77. The van der Waals surface area contributed by atoms with Gasteiger partial charge >= 0.3 is 12.1 Å². The molecule has 0 saturated heterocycles. The highest BCUT2D eigenvalue weighted by atomic mass is 19.4. The number of halogens is 3. The molecule has 0 fully saturated rings. The van der Waals surface area contributed by atoms with Crippen LogP contribution in [0.2, 0.25) is 0 Å². The highest BCUT2D eigenvalue weighted by Crippen LogP contribution is 2.17. The standard InChI is InChI=1S/C14H17F3N2O4/c1-8(2)5-10(13(21)22)19-12(20)9-3-4-18-11(6-9)23-7-14(15,16)17/h3-4,6,8,10H,5,7H2,1-2H3,(H,19,20)(H,21,22)/t10-/m0/s1. The van der Waals surface area contributed by atoms with Crippen molar-refractivity contribution >= 4 is 11.9 Å². The van der Waals surface area contributed by atoms with E-state index < -0.39 is 30.7 Å². The monoisotopic (exact) mass is 334 g/mol. The topological polar surface area (TPSA) is 88.5 Å². The van der Waals surface area contributed by atoms with Crippen molar-refractivity contribution in [3.05, 3.63) is 23.9 Å². The lowest BCUT2D eigenvalue weighted by molar-refractivity contribution is -0.154. The van der Waals surface area contributed by atoms with E-state index in [1.54, 1.807) is 13.8 Å². The van der Waals surface area contributed by atoms with Crippen molar-refractivity contribution in [2.45, 2.75) is 32.5 Å². The molecule has 2 N–H and O–H groups in total. The van der Waals surface area contributed by atoms with Crippen LogP contribution >= 0.6 is 0 Å². The van der Waals surface area contributed by atoms with Crippen molar-refractivity contribution < 1.29 is 32.6 Å². The van der Waals surface area contributed by atoms with Gasteiger partial charge in [0.25, 0.3) is 5.91 Å². The van der Waals surface area contributed by atoms with Crippen LogP contribution in [-0.4, -0.2) is 40.8 Å². The van der Waals surface area contributed by atoms with E-state index in [1.165, 1.54) is 6.07 Å². The fraction of sp³-hybridized carbons (Fsp3) is 0.500. The zero-order valence-corrected chi connectivity index (χ0v) is 12.6. The average molecular weight is 334 g/mol. The van der Waals surface area contributed by atoms with Gasteiger partial charge in [-0.2, -0.15) is 13.2 Å². The Hall–Kier alpha value is -2.32. The average Bonchev–Trinajstić information content (AvgIpc) is 2.43. The number of hydrogen-bond donors (Lipinski definition) is 2. The van der Waals surface area contributed by atoms with Crippen LogP contribution < -0.4 is 10.1 Å². The molecule has 1 aromatic heterocycles. The summed E-state index contributed by atoms with van der Waals surface area (Å²) >= 11 is 0. The minimum Gasteiger partial charge on any atom is -0.480 e. The van der Waals surface area contributed by atoms with E-state index in [-0.39, 0.29) is 23.8 Å². The molecule has 1 aromatic rings. The zero-order chi connectivity index (χ0) is 17.6. The smallest absolute Gasteiger partial charge is 0.422 e. The van der Waals surface area contributed by atoms with E-state index in [2.05, 4.69) is 15.0 Å². The normalized spacial score (nSPS) is 12.8. The van der Waals surface area contributed by atoms with Crippen LogP contribution in [0.3, 0.4) is 0 Å². The van der Waals surface area contributed by atoms with Gasteiger partial charge in [-0.05, 0) is 18.4 Å². The molecule has 0 spiro atoms. The summed E-state index contributed by atoms with van der Waals surface area (Å²) in [5.74, 6) is -2.24. The van der Waals surface area contributed by atoms with E-state index in [1.807, 2.05) is 0 Å². The molecule has 1 rings (SSSR count). The van der Waals surface area contributed by atoms with Crippen molar-refractivity contribution in [1.82, 2.24) is 10.3 Å². The van der Waals surface area contributed by atoms with Gasteiger partial charge in [0, 0.05) is 17.8 Å². The number of carbonyl (C=O) groups is 2. The van der Waals surface area contributed by atoms with E-state index in [0.717, 1.165) is 12.3 Å². The number of ether oxygens (including phenoxy) is 1. The minimum atomic E-state index is -4.52. The number of aromatic nitrogens is 1. The quantitative estimate of drug-likeness (QED) is 0.798. The molecule has 0 aliphatic heterocycles. The molecule has 0 bridgehead atoms. The maximum atomic E-state index is 12.1. The molecule has 23 heavy (non-hydrogen) atoms. The minimum absolute atomic E-state index is 0.0350. The lowest BCUT2D eigenvalue weighted by Crippen LogP contribution is -2.41. The summed E-state index contributed by atoms with van der Waals surface area (Å²) in [7, 11) is 0. The molecule has 6 nitrogen and oxygen atoms in total. The molecular weight excluding hydrogens is 317 g/mol. The van der Waals surface area contributed by atoms with E-state index in [4.69, 9.17) is 5.11 Å². The number of carbonyl (C=O) groups excluding carboxylic acids is 1. The molecule has 1 amide bonds. The fourth-order valence-electron chi connectivity index (χ4n) is 1.72. The molecule has 0 aliphatic rings. The molecule has 0 unspecified atom stereocenters. The Morgan fingerprint density at radius 3 is 2.57 bits per heavy atom. The largest absolute Gasteiger partial charge is 0.480 e. The molecule has 0 saturated carbocycles. The fourth-order valence-corrected chi connectivity index (χ4v) is 1.72. The number of nitrogens with one attached hydrogen (secondary N) is 1. The van der Waals surface area contributed by atoms with Gasteiger partial charge < -0.3 is 15.2 Å². The van der Waals surface area contributed by atoms with Crippen LogP contribution in [0.4, 0.5) is 13.2 Å². The first-order chi connectivity index (χ1) is 10.6. The predicted molar refractivity (Wildman–Crippen MR) is 74.1 cm³/mol. The lowest BCUT2D eigenvalue weighted by Gasteiger charge is -2.16. The van der Waals surface area contributed by atoms with Crippen molar-refractivity contribution in [2.75, 3.05) is 6.61 Å². The van der Waals surface area contributed by atoms with Gasteiger partial charge in [-0.15, -0.1) is 0 Å². The number of carboxylic acids is 1. The summed E-state index contributed by atoms with van der Waals surface area (Å²) in [5.41, 5.74) is -0.0350. The number of alkyl halides is 3. The molecule has 1 atom stereocenters. The van der Waals surface area contributed by atoms with Gasteiger partial charge in [-0.25, -0.2) is 9.78 Å². The highest BCUT2D eigenvalue weighted by Gasteiger charge is 2.29. The summed E-state index contributed by atoms with van der Waals surface area (Å²) < 4.78 is 40.7. The van der Waals surface area contributed by atoms with Gasteiger partial charge in [-0.1, -0.05) is 13.8 Å². The number of amides is 1. The van der Waals surface area contributed by atoms with Crippen LogP contribution in [-0.2, 0) is 4.79 Å². The highest BCUT2D eigenvalue weighted by molar-refractivity contribution is 5.96. The second kappa shape index (κ2) is 7.80. The number of carboxylic acid groups (broad SMARTS) is 1. The summed E-state index contributed by atoms with van der Waals surface area (Å²) in [5, 5.41) is 11.4. The van der Waals surface area contributed by atoms with Gasteiger partial charge in [0.15, 0.2) is 6.61 Å². The Balaban J connectivity index is 2.77. The van der Waals surface area contributed by atoms with Gasteiger partial charge in [0.1, 0.15) is 6.04 Å². The number of rotatable bonds is 7. The van der Waals surface area contributed by atoms with Crippen LogP contribution in [0.25, 0.3) is 0 Å². The van der Waals surface area contributed by atoms with Crippen molar-refractivity contribution in [2.24, 2.45) is 5.92 Å². The molecule has 0 aliphatic carbocycles. The molecule has 0 radical (unpaired) electrons. The lowest BCUT2D eigenvalue weighted by atomic mass is 10.0. The number of pyridine rings is 1. The summed E-state index contributed by atoms with van der Waals surface area (Å²) in [6.07, 6.45) is -3.19. The second-order valence-corrected chi connectivity index (χ2v) is 5.28. The van der Waals surface area contributed by atoms with Gasteiger partial charge in [0.05, 0.1) is 0 Å². The van der Waals surface area contributed by atoms with Gasteiger partial charge in [-0.3, -0.25) is 4.79 Å². The third kappa shape index (κ3) is 6.98. The van der Waals surface area contributed by atoms with Crippen molar-refractivity contribution in [3.8, 4) is 5.88 Å². The first-order valence-electron chi connectivity index (χ1n) is 6.77. The Morgan fingerprint density at radius 1 is 1.39 bits per heavy atom. The Morgan fingerprint density at radius 2 is 2.04 bits per heavy atom. The number of nitrogens with zero attached hydrogens (tertiary/aromatic N) is 1. The SMILES string of the molecule is CC(C)C[C@H](NC(=O)c1ccnc(OCC(F)(F)F)c1)C(=O)O. The number of hydrogen-bond acceptors (Lipinski definition) is 4. The molecule has 128 valence electrons. The third-order valence-electron chi connectivity index (χ3n) is 2.69. The Kier molecular flexibility index (Phi) is 6.35. The summed E-state index contributed by atoms with van der Waals surface area (Å²) in [6.45, 7) is 2.07. The second-order valence-electron chi connectivity index (χ2n) is 5.28. The molecule has 0 aromatic carbocycles. The van der Waals surface area contributed by atoms with Crippen LogP contribution in [0.15, 0.2) is 18.3 Å². The first kappa shape index (κ1) is 18.7. The Labute approximate surface area is 130 Å². The molecular formula is C14H17F3N2O4. The summed E-state index contributed by atoms with van der Waals surface area (Å²) in [6, 6.07) is 1.19. The van der Waals surface area contributed by atoms with E-state index >= 15 is 0 Å². The molecule has 1 heterocycles. The van der Waals surface area contributed by atoms with Gasteiger partial charge in [0.2, 0.25) is 5.88 Å². The van der Waals surface area contributed by atoms with Crippen LogP contribution in [0, 0.1) is 5.92 Å². The summed E-state index contributed by atoms with van der Waals surface area (Å²) in [4.78, 5) is 26.7. The maximum absolute atomic E-state index is 12.1. The van der Waals surface area contributed by atoms with Crippen molar-refractivity contribution in [3.63, 3.8) is 0 Å². The van der Waals surface area contributed by atoms with E-state index in [0.29, 0.717) is 0 Å². The van der Waals surface area contributed by atoms with Crippen molar-refractivity contribution in [1.29, 1.82) is 0 Å². The zero-order valence-electron chi connectivity index (χ0n) is 12.6. The third-order valence-corrected chi connectivity index (χ3v) is 2.69.